The lowest BCUT2D eigenvalue weighted by molar-refractivity contribution is -0.122. The minimum Gasteiger partial charge on any atom is -0.300 e. The van der Waals surface area contributed by atoms with Gasteiger partial charge in [-0.25, -0.2) is 0 Å². The lowest BCUT2D eigenvalue weighted by Crippen LogP contribution is -2.29. The van der Waals surface area contributed by atoms with E-state index in [4.69, 9.17) is 0 Å². The molecule has 0 radical (unpaired) electrons. The number of nitrogens with one attached hydrogen (secondary N) is 1. The maximum atomic E-state index is 12.0. The van der Waals surface area contributed by atoms with Crippen LogP contribution >= 0.6 is 23.7 Å². The van der Waals surface area contributed by atoms with E-state index in [9.17, 15) is 9.59 Å². The van der Waals surface area contributed by atoms with Crippen LogP contribution in [0.2, 0.25) is 0 Å². The second-order valence-corrected chi connectivity index (χ2v) is 6.11. The Kier molecular flexibility index (Phi) is 7.02. The molecule has 0 bridgehead atoms. The van der Waals surface area contributed by atoms with Crippen molar-refractivity contribution in [1.82, 2.24) is 4.72 Å². The van der Waals surface area contributed by atoms with Crippen LogP contribution in [0.4, 0.5) is 0 Å². The third-order valence-electron chi connectivity index (χ3n) is 2.79. The first-order valence-corrected chi connectivity index (χ1v) is 8.26. The summed E-state index contributed by atoms with van der Waals surface area (Å²) in [6.07, 6.45) is 2.49. The summed E-state index contributed by atoms with van der Waals surface area (Å²) in [6.45, 7) is 3.57. The maximum Gasteiger partial charge on any atom is 0.234 e. The Morgan fingerprint density at radius 1 is 1.32 bits per heavy atom. The molecule has 0 aliphatic heterocycles. The Morgan fingerprint density at radius 2 is 2.00 bits per heavy atom. The van der Waals surface area contributed by atoms with E-state index in [2.05, 4.69) is 4.72 Å². The van der Waals surface area contributed by atoms with Gasteiger partial charge in [0.2, 0.25) is 5.91 Å². The molecule has 0 saturated carbocycles. The Balaban J connectivity index is 2.75. The fraction of sp³-hybridized carbons (Fsp3) is 0.429. The molecule has 0 saturated heterocycles. The molecule has 0 aromatic heterocycles. The van der Waals surface area contributed by atoms with E-state index in [0.29, 0.717) is 12.2 Å². The largest absolute Gasteiger partial charge is 0.300 e. The fourth-order valence-corrected chi connectivity index (χ4v) is 2.81. The first kappa shape index (κ1) is 16.1. The Hall–Kier alpha value is -0.940. The number of hydrogen-bond acceptors (Lipinski definition) is 4. The number of rotatable bonds is 6. The van der Waals surface area contributed by atoms with Gasteiger partial charge in [0.15, 0.2) is 5.12 Å². The third-order valence-corrected chi connectivity index (χ3v) is 4.17. The van der Waals surface area contributed by atoms with Crippen LogP contribution in [0.5, 0.6) is 0 Å². The van der Waals surface area contributed by atoms with Crippen molar-refractivity contribution in [3.05, 3.63) is 35.4 Å². The standard InChI is InChI=1S/C14H19NO2S2/c1-10-6-4-5-7-12(10)8-13(9-19-11(2)16)14(17)15-18-3/h4-7,13H,8-9H2,1-3H3,(H,15,17). The lowest BCUT2D eigenvalue weighted by atomic mass is 9.97. The van der Waals surface area contributed by atoms with Crippen molar-refractivity contribution in [2.75, 3.05) is 12.0 Å². The number of carbonyl (C=O) groups is 2. The van der Waals surface area contributed by atoms with Crippen LogP contribution in [0, 0.1) is 12.8 Å². The van der Waals surface area contributed by atoms with Crippen LogP contribution < -0.4 is 4.72 Å². The molecule has 1 aromatic rings. The molecular formula is C14H19NO2S2. The predicted octanol–water partition coefficient (Wildman–Crippen LogP) is 2.83. The quantitative estimate of drug-likeness (QED) is 0.820. The van der Waals surface area contributed by atoms with Crippen LogP contribution in [0.15, 0.2) is 24.3 Å². The molecular weight excluding hydrogens is 278 g/mol. The van der Waals surface area contributed by atoms with E-state index in [0.717, 1.165) is 5.56 Å². The van der Waals surface area contributed by atoms with Crippen LogP contribution in [-0.2, 0) is 16.0 Å². The van der Waals surface area contributed by atoms with Gasteiger partial charge < -0.3 is 4.72 Å². The van der Waals surface area contributed by atoms with Crippen molar-refractivity contribution in [2.24, 2.45) is 5.92 Å². The minimum absolute atomic E-state index is 0.00972. The average molecular weight is 297 g/mol. The van der Waals surface area contributed by atoms with Gasteiger partial charge in [0, 0.05) is 18.9 Å². The summed E-state index contributed by atoms with van der Waals surface area (Å²) in [5, 5.41) is 0.0479. The van der Waals surface area contributed by atoms with Crippen molar-refractivity contribution < 1.29 is 9.59 Å². The summed E-state index contributed by atoms with van der Waals surface area (Å²) in [5.41, 5.74) is 2.34. The summed E-state index contributed by atoms with van der Waals surface area (Å²) < 4.78 is 2.76. The highest BCUT2D eigenvalue weighted by molar-refractivity contribution is 8.13. The zero-order chi connectivity index (χ0) is 14.3. The van der Waals surface area contributed by atoms with Crippen molar-refractivity contribution >= 4 is 34.7 Å². The molecule has 19 heavy (non-hydrogen) atoms. The topological polar surface area (TPSA) is 46.2 Å². The average Bonchev–Trinajstić information content (AvgIpc) is 2.36. The maximum absolute atomic E-state index is 12.0. The monoisotopic (exact) mass is 297 g/mol. The first-order chi connectivity index (χ1) is 9.04. The van der Waals surface area contributed by atoms with Gasteiger partial charge in [0.05, 0.1) is 5.92 Å². The van der Waals surface area contributed by atoms with E-state index in [1.165, 1.54) is 36.2 Å². The zero-order valence-corrected chi connectivity index (χ0v) is 13.1. The minimum atomic E-state index is -0.178. The summed E-state index contributed by atoms with van der Waals surface area (Å²) >= 11 is 2.50. The van der Waals surface area contributed by atoms with E-state index in [1.54, 1.807) is 0 Å². The summed E-state index contributed by atoms with van der Waals surface area (Å²) in [5.74, 6) is 0.336. The molecule has 1 amide bonds. The number of hydrogen-bond donors (Lipinski definition) is 1. The van der Waals surface area contributed by atoms with Crippen molar-refractivity contribution in [1.29, 1.82) is 0 Å². The fourth-order valence-electron chi connectivity index (χ4n) is 1.73. The highest BCUT2D eigenvalue weighted by atomic mass is 32.2. The van der Waals surface area contributed by atoms with E-state index in [1.807, 2.05) is 37.4 Å². The highest BCUT2D eigenvalue weighted by Crippen LogP contribution is 2.18. The first-order valence-electron chi connectivity index (χ1n) is 6.05. The van der Waals surface area contributed by atoms with Gasteiger partial charge in [-0.15, -0.1) is 0 Å². The molecule has 104 valence electrons. The van der Waals surface area contributed by atoms with E-state index < -0.39 is 0 Å². The van der Waals surface area contributed by atoms with Crippen LogP contribution in [0.1, 0.15) is 18.1 Å². The van der Waals surface area contributed by atoms with Gasteiger partial charge >= 0.3 is 0 Å². The van der Waals surface area contributed by atoms with Gasteiger partial charge in [-0.3, -0.25) is 9.59 Å². The molecule has 1 unspecified atom stereocenters. The molecule has 1 rings (SSSR count). The Bertz CT molecular complexity index is 449. The lowest BCUT2D eigenvalue weighted by Gasteiger charge is -2.16. The second-order valence-electron chi connectivity index (χ2n) is 4.30. The number of thioether (sulfide) groups is 1. The zero-order valence-electron chi connectivity index (χ0n) is 11.4. The van der Waals surface area contributed by atoms with Crippen LogP contribution in [-0.4, -0.2) is 23.0 Å². The number of carbonyl (C=O) groups excluding carboxylic acids is 2. The van der Waals surface area contributed by atoms with Gasteiger partial charge in [-0.05, 0) is 24.5 Å². The van der Waals surface area contributed by atoms with Gasteiger partial charge in [-0.2, -0.15) is 0 Å². The number of benzene rings is 1. The second kappa shape index (κ2) is 8.27. The number of aryl methyl sites for hydroxylation is 1. The smallest absolute Gasteiger partial charge is 0.234 e. The third kappa shape index (κ3) is 5.70. The number of amides is 1. The Labute approximate surface area is 123 Å². The molecule has 0 spiro atoms. The summed E-state index contributed by atoms with van der Waals surface area (Å²) in [4.78, 5) is 23.1. The van der Waals surface area contributed by atoms with Gasteiger partial charge in [0.25, 0.3) is 0 Å². The SMILES string of the molecule is CSNC(=O)C(CSC(C)=O)Cc1ccccc1C. The molecule has 1 atom stereocenters. The molecule has 0 fully saturated rings. The van der Waals surface area contributed by atoms with E-state index in [-0.39, 0.29) is 16.9 Å². The van der Waals surface area contributed by atoms with Crippen LogP contribution in [0.3, 0.4) is 0 Å². The normalized spacial score (nSPS) is 11.9. The molecule has 1 aromatic carbocycles. The van der Waals surface area contributed by atoms with Crippen molar-refractivity contribution in [3.63, 3.8) is 0 Å². The molecule has 1 N–H and O–H groups in total. The van der Waals surface area contributed by atoms with Gasteiger partial charge in [0.1, 0.15) is 0 Å². The molecule has 0 aliphatic carbocycles. The van der Waals surface area contributed by atoms with Crippen molar-refractivity contribution in [2.45, 2.75) is 20.3 Å². The molecule has 0 heterocycles. The Morgan fingerprint density at radius 3 is 2.58 bits per heavy atom. The van der Waals surface area contributed by atoms with Crippen molar-refractivity contribution in [3.8, 4) is 0 Å². The highest BCUT2D eigenvalue weighted by Gasteiger charge is 2.20. The summed E-state index contributed by atoms with van der Waals surface area (Å²) in [7, 11) is 0. The molecule has 5 heteroatoms. The van der Waals surface area contributed by atoms with Crippen LogP contribution in [0.25, 0.3) is 0 Å². The van der Waals surface area contributed by atoms with Gasteiger partial charge in [-0.1, -0.05) is 48.0 Å². The molecule has 0 aliphatic rings. The predicted molar refractivity (Wildman–Crippen MR) is 83.2 cm³/mol. The summed E-state index contributed by atoms with van der Waals surface area (Å²) in [6, 6.07) is 8.04. The van der Waals surface area contributed by atoms with E-state index >= 15 is 0 Å². The molecule has 3 nitrogen and oxygen atoms in total.